The lowest BCUT2D eigenvalue weighted by atomic mass is 10.2. The third-order valence-corrected chi connectivity index (χ3v) is 2.61. The van der Waals surface area contributed by atoms with Gasteiger partial charge in [0, 0.05) is 32.7 Å². The SMILES string of the molecule is COC(=O)CCN1CCN(CCN)C(=O)C1=O. The van der Waals surface area contributed by atoms with Crippen molar-refractivity contribution in [2.45, 2.75) is 6.42 Å². The largest absolute Gasteiger partial charge is 0.469 e. The van der Waals surface area contributed by atoms with Crippen molar-refractivity contribution in [3.8, 4) is 0 Å². The van der Waals surface area contributed by atoms with Crippen LogP contribution in [0.25, 0.3) is 0 Å². The smallest absolute Gasteiger partial charge is 0.312 e. The second kappa shape index (κ2) is 6.19. The molecule has 0 unspecified atom stereocenters. The van der Waals surface area contributed by atoms with Gasteiger partial charge in [-0.25, -0.2) is 0 Å². The van der Waals surface area contributed by atoms with Gasteiger partial charge in [-0.05, 0) is 0 Å². The van der Waals surface area contributed by atoms with Crippen molar-refractivity contribution in [3.63, 3.8) is 0 Å². The van der Waals surface area contributed by atoms with Gasteiger partial charge in [-0.1, -0.05) is 0 Å². The maximum absolute atomic E-state index is 11.7. The molecule has 1 fully saturated rings. The molecule has 0 spiro atoms. The molecule has 0 aromatic rings. The van der Waals surface area contributed by atoms with Crippen LogP contribution in [-0.4, -0.2) is 67.4 Å². The Morgan fingerprint density at radius 1 is 1.24 bits per heavy atom. The van der Waals surface area contributed by atoms with Crippen LogP contribution < -0.4 is 5.73 Å². The second-order valence-corrected chi connectivity index (χ2v) is 3.70. The molecule has 1 heterocycles. The number of piperazine rings is 1. The molecule has 1 saturated heterocycles. The highest BCUT2D eigenvalue weighted by Crippen LogP contribution is 2.05. The van der Waals surface area contributed by atoms with Crippen molar-refractivity contribution in [2.24, 2.45) is 5.73 Å². The number of ether oxygens (including phenoxy) is 1. The highest BCUT2D eigenvalue weighted by molar-refractivity contribution is 6.35. The van der Waals surface area contributed by atoms with E-state index in [1.807, 2.05) is 0 Å². The van der Waals surface area contributed by atoms with Gasteiger partial charge in [0.1, 0.15) is 0 Å². The minimum atomic E-state index is -0.575. The first-order valence-corrected chi connectivity index (χ1v) is 5.45. The van der Waals surface area contributed by atoms with Crippen LogP contribution in [0.4, 0.5) is 0 Å². The number of carbonyl (C=O) groups excluding carboxylic acids is 3. The molecule has 0 aromatic carbocycles. The highest BCUT2D eigenvalue weighted by atomic mass is 16.5. The Hall–Kier alpha value is -1.63. The first-order valence-electron chi connectivity index (χ1n) is 5.45. The highest BCUT2D eigenvalue weighted by Gasteiger charge is 2.31. The van der Waals surface area contributed by atoms with E-state index in [9.17, 15) is 14.4 Å². The Morgan fingerprint density at radius 2 is 1.76 bits per heavy atom. The molecule has 0 atom stereocenters. The Balaban J connectivity index is 2.48. The van der Waals surface area contributed by atoms with Crippen LogP contribution in [0, 0.1) is 0 Å². The maximum atomic E-state index is 11.7. The van der Waals surface area contributed by atoms with Crippen molar-refractivity contribution in [3.05, 3.63) is 0 Å². The summed E-state index contributed by atoms with van der Waals surface area (Å²) in [6, 6.07) is 0. The summed E-state index contributed by atoms with van der Waals surface area (Å²) in [5, 5.41) is 0. The van der Waals surface area contributed by atoms with Crippen LogP contribution in [0.2, 0.25) is 0 Å². The summed E-state index contributed by atoms with van der Waals surface area (Å²) in [6.45, 7) is 1.83. The molecular weight excluding hydrogens is 226 g/mol. The number of rotatable bonds is 5. The topological polar surface area (TPSA) is 92.9 Å². The molecule has 0 saturated carbocycles. The van der Waals surface area contributed by atoms with E-state index >= 15 is 0 Å². The summed E-state index contributed by atoms with van der Waals surface area (Å²) in [6.07, 6.45) is 0.104. The van der Waals surface area contributed by atoms with Crippen LogP contribution in [0.15, 0.2) is 0 Å². The van der Waals surface area contributed by atoms with Gasteiger partial charge in [-0.15, -0.1) is 0 Å². The first kappa shape index (κ1) is 13.4. The van der Waals surface area contributed by atoms with E-state index in [1.54, 1.807) is 0 Å². The van der Waals surface area contributed by atoms with Crippen molar-refractivity contribution in [1.82, 2.24) is 9.80 Å². The van der Waals surface area contributed by atoms with E-state index < -0.39 is 17.8 Å². The van der Waals surface area contributed by atoms with E-state index in [0.717, 1.165) is 0 Å². The Bertz CT molecular complexity index is 319. The van der Waals surface area contributed by atoms with Gasteiger partial charge < -0.3 is 20.3 Å². The molecular formula is C10H17N3O4. The predicted octanol–water partition coefficient (Wildman–Crippen LogP) is -1.82. The molecule has 1 rings (SSSR count). The lowest BCUT2D eigenvalue weighted by molar-refractivity contribution is -0.156. The number of hydrogen-bond acceptors (Lipinski definition) is 5. The number of esters is 1. The van der Waals surface area contributed by atoms with Gasteiger partial charge in [-0.3, -0.25) is 14.4 Å². The molecule has 1 aliphatic rings. The van der Waals surface area contributed by atoms with E-state index in [-0.39, 0.29) is 13.0 Å². The minimum absolute atomic E-state index is 0.104. The summed E-state index contributed by atoms with van der Waals surface area (Å²) in [7, 11) is 1.29. The average Bonchev–Trinajstić information content (AvgIpc) is 2.34. The monoisotopic (exact) mass is 243 g/mol. The van der Waals surface area contributed by atoms with Crippen LogP contribution in [0.5, 0.6) is 0 Å². The molecule has 7 heteroatoms. The quantitative estimate of drug-likeness (QED) is 0.453. The van der Waals surface area contributed by atoms with Crippen LogP contribution in [-0.2, 0) is 19.1 Å². The number of carbonyl (C=O) groups is 3. The molecule has 1 aliphatic heterocycles. The standard InChI is InChI=1S/C10H17N3O4/c1-17-8(14)2-4-12-6-7-13(5-3-11)10(16)9(12)15/h2-7,11H2,1H3. The predicted molar refractivity (Wildman–Crippen MR) is 58.8 cm³/mol. The van der Waals surface area contributed by atoms with Gasteiger partial charge in [0.2, 0.25) is 0 Å². The zero-order valence-electron chi connectivity index (χ0n) is 9.85. The number of nitrogens with zero attached hydrogens (tertiary/aromatic N) is 2. The van der Waals surface area contributed by atoms with Gasteiger partial charge in [-0.2, -0.15) is 0 Å². The van der Waals surface area contributed by atoms with Crippen molar-refractivity contribution in [1.29, 1.82) is 0 Å². The maximum Gasteiger partial charge on any atom is 0.312 e. The number of methoxy groups -OCH3 is 1. The number of nitrogens with two attached hydrogens (primary N) is 1. The molecule has 7 nitrogen and oxygen atoms in total. The number of hydrogen-bond donors (Lipinski definition) is 1. The number of amides is 2. The molecule has 0 radical (unpaired) electrons. The summed E-state index contributed by atoms with van der Waals surface area (Å²) in [5.74, 6) is -1.52. The average molecular weight is 243 g/mol. The molecule has 0 aromatic heterocycles. The lowest BCUT2D eigenvalue weighted by Crippen LogP contribution is -2.55. The normalized spacial score (nSPS) is 16.4. The molecule has 2 N–H and O–H groups in total. The Kier molecular flexibility index (Phi) is 4.89. The fourth-order valence-corrected chi connectivity index (χ4v) is 1.63. The summed E-state index contributed by atoms with van der Waals surface area (Å²) < 4.78 is 4.47. The van der Waals surface area contributed by atoms with E-state index in [0.29, 0.717) is 26.2 Å². The molecule has 96 valence electrons. The zero-order chi connectivity index (χ0) is 12.8. The van der Waals surface area contributed by atoms with Gasteiger partial charge in [0.05, 0.1) is 13.5 Å². The molecule has 17 heavy (non-hydrogen) atoms. The van der Waals surface area contributed by atoms with Crippen molar-refractivity contribution < 1.29 is 19.1 Å². The van der Waals surface area contributed by atoms with Gasteiger partial charge >= 0.3 is 17.8 Å². The van der Waals surface area contributed by atoms with Crippen molar-refractivity contribution >= 4 is 17.8 Å². The Labute approximate surface area is 99.5 Å². The third kappa shape index (κ3) is 3.42. The fraction of sp³-hybridized carbons (Fsp3) is 0.700. The summed E-state index contributed by atoms with van der Waals surface area (Å²) >= 11 is 0. The van der Waals surface area contributed by atoms with Gasteiger partial charge in [0.15, 0.2) is 0 Å². The minimum Gasteiger partial charge on any atom is -0.469 e. The zero-order valence-corrected chi connectivity index (χ0v) is 9.85. The molecule has 2 amide bonds. The molecule has 0 aliphatic carbocycles. The first-order chi connectivity index (χ1) is 8.10. The third-order valence-electron chi connectivity index (χ3n) is 2.61. The Morgan fingerprint density at radius 3 is 2.24 bits per heavy atom. The van der Waals surface area contributed by atoms with Crippen LogP contribution in [0.1, 0.15) is 6.42 Å². The summed E-state index contributed by atoms with van der Waals surface area (Å²) in [4.78, 5) is 37.0. The van der Waals surface area contributed by atoms with Gasteiger partial charge in [0.25, 0.3) is 0 Å². The van der Waals surface area contributed by atoms with Crippen molar-refractivity contribution in [2.75, 3.05) is 39.8 Å². The van der Waals surface area contributed by atoms with Crippen LogP contribution >= 0.6 is 0 Å². The van der Waals surface area contributed by atoms with Crippen LogP contribution in [0.3, 0.4) is 0 Å². The fourth-order valence-electron chi connectivity index (χ4n) is 1.63. The molecule has 0 bridgehead atoms. The van der Waals surface area contributed by atoms with E-state index in [4.69, 9.17) is 5.73 Å². The second-order valence-electron chi connectivity index (χ2n) is 3.70. The lowest BCUT2D eigenvalue weighted by Gasteiger charge is -2.33. The van der Waals surface area contributed by atoms with E-state index in [2.05, 4.69) is 4.74 Å². The summed E-state index contributed by atoms with van der Waals surface area (Å²) in [5.41, 5.74) is 5.34. The van der Waals surface area contributed by atoms with E-state index in [1.165, 1.54) is 16.9 Å².